The summed E-state index contributed by atoms with van der Waals surface area (Å²) >= 11 is 0. The molecule has 0 aliphatic carbocycles. The van der Waals surface area contributed by atoms with Crippen molar-refractivity contribution in [2.45, 2.75) is 52.7 Å². The zero-order chi connectivity index (χ0) is 21.2. The number of alkyl carbamates (subject to hydrolysis) is 1. The summed E-state index contributed by atoms with van der Waals surface area (Å²) in [5, 5.41) is 2.68. The van der Waals surface area contributed by atoms with E-state index in [2.05, 4.69) is 5.32 Å². The van der Waals surface area contributed by atoms with Crippen molar-refractivity contribution in [2.75, 3.05) is 19.8 Å². The molecule has 0 aliphatic heterocycles. The number of esters is 2. The van der Waals surface area contributed by atoms with Crippen molar-refractivity contribution in [1.82, 2.24) is 5.32 Å². The SMILES string of the molecule is CCOC(=O)C(Oc1ccc(CCNC(=O)OC(C)(C)C)cc1)C(=O)OCC. The second-order valence-corrected chi connectivity index (χ2v) is 6.82. The molecular formula is C20H29NO7. The molecule has 8 nitrogen and oxygen atoms in total. The lowest BCUT2D eigenvalue weighted by Crippen LogP contribution is -2.38. The number of hydrogen-bond donors (Lipinski definition) is 1. The van der Waals surface area contributed by atoms with Crippen molar-refractivity contribution in [3.8, 4) is 5.75 Å². The zero-order valence-electron chi connectivity index (χ0n) is 17.1. The first-order valence-electron chi connectivity index (χ1n) is 9.22. The van der Waals surface area contributed by atoms with Crippen LogP contribution in [0.5, 0.6) is 5.75 Å². The minimum absolute atomic E-state index is 0.127. The molecular weight excluding hydrogens is 366 g/mol. The first-order valence-corrected chi connectivity index (χ1v) is 9.22. The van der Waals surface area contributed by atoms with E-state index >= 15 is 0 Å². The Kier molecular flexibility index (Phi) is 9.27. The average molecular weight is 395 g/mol. The molecule has 0 aromatic heterocycles. The van der Waals surface area contributed by atoms with Gasteiger partial charge in [0.05, 0.1) is 13.2 Å². The highest BCUT2D eigenvalue weighted by atomic mass is 16.6. The third-order valence-electron chi connectivity index (χ3n) is 3.26. The maximum atomic E-state index is 11.9. The third kappa shape index (κ3) is 8.75. The zero-order valence-corrected chi connectivity index (χ0v) is 17.1. The first kappa shape index (κ1) is 23.3. The van der Waals surface area contributed by atoms with Crippen molar-refractivity contribution in [3.05, 3.63) is 29.8 Å². The molecule has 0 bridgehead atoms. The van der Waals surface area contributed by atoms with E-state index in [-0.39, 0.29) is 13.2 Å². The summed E-state index contributed by atoms with van der Waals surface area (Å²) < 4.78 is 20.3. The summed E-state index contributed by atoms with van der Waals surface area (Å²) in [7, 11) is 0. The second kappa shape index (κ2) is 11.2. The van der Waals surface area contributed by atoms with Gasteiger partial charge in [0.25, 0.3) is 6.10 Å². The van der Waals surface area contributed by atoms with Gasteiger partial charge in [-0.1, -0.05) is 12.1 Å². The standard InChI is InChI=1S/C20H29NO7/c1-6-25-17(22)16(18(23)26-7-2)27-15-10-8-14(9-11-15)12-13-21-19(24)28-20(3,4)5/h8-11,16H,6-7,12-13H2,1-5H3,(H,21,24). The van der Waals surface area contributed by atoms with Crippen LogP contribution in [0.1, 0.15) is 40.2 Å². The third-order valence-corrected chi connectivity index (χ3v) is 3.26. The van der Waals surface area contributed by atoms with E-state index in [0.29, 0.717) is 18.7 Å². The van der Waals surface area contributed by atoms with Gasteiger partial charge in [-0.15, -0.1) is 0 Å². The topological polar surface area (TPSA) is 100 Å². The van der Waals surface area contributed by atoms with Crippen LogP contribution in [-0.4, -0.2) is 49.5 Å². The fourth-order valence-corrected chi connectivity index (χ4v) is 2.12. The molecule has 0 aliphatic rings. The quantitative estimate of drug-likeness (QED) is 0.390. The Morgan fingerprint density at radius 1 is 0.964 bits per heavy atom. The predicted octanol–water partition coefficient (Wildman–Crippen LogP) is 2.63. The molecule has 156 valence electrons. The largest absolute Gasteiger partial charge is 0.467 e. The van der Waals surface area contributed by atoms with Crippen LogP contribution in [0.4, 0.5) is 4.79 Å². The number of ether oxygens (including phenoxy) is 4. The van der Waals surface area contributed by atoms with Crippen molar-refractivity contribution < 1.29 is 33.3 Å². The van der Waals surface area contributed by atoms with E-state index in [1.807, 2.05) is 0 Å². The lowest BCUT2D eigenvalue weighted by Gasteiger charge is -2.19. The fraction of sp³-hybridized carbons (Fsp3) is 0.550. The molecule has 0 spiro atoms. The molecule has 1 N–H and O–H groups in total. The normalized spacial score (nSPS) is 10.9. The monoisotopic (exact) mass is 395 g/mol. The summed E-state index contributed by atoms with van der Waals surface area (Å²) in [4.78, 5) is 35.5. The molecule has 1 rings (SSSR count). The van der Waals surface area contributed by atoms with Crippen LogP contribution < -0.4 is 10.1 Å². The van der Waals surface area contributed by atoms with Gasteiger partial charge in [-0.2, -0.15) is 0 Å². The van der Waals surface area contributed by atoms with Crippen LogP contribution in [0.3, 0.4) is 0 Å². The Labute approximate surface area is 165 Å². The van der Waals surface area contributed by atoms with Gasteiger partial charge in [-0.25, -0.2) is 14.4 Å². The van der Waals surface area contributed by atoms with Gasteiger partial charge in [0.15, 0.2) is 0 Å². The van der Waals surface area contributed by atoms with Crippen molar-refractivity contribution in [1.29, 1.82) is 0 Å². The predicted molar refractivity (Wildman–Crippen MR) is 102 cm³/mol. The fourth-order valence-electron chi connectivity index (χ4n) is 2.12. The van der Waals surface area contributed by atoms with Crippen LogP contribution in [0.25, 0.3) is 0 Å². The maximum absolute atomic E-state index is 11.9. The van der Waals surface area contributed by atoms with Crippen LogP contribution in [-0.2, 0) is 30.2 Å². The van der Waals surface area contributed by atoms with Gasteiger partial charge < -0.3 is 24.3 Å². The number of hydrogen-bond acceptors (Lipinski definition) is 7. The van der Waals surface area contributed by atoms with Gasteiger partial charge in [0, 0.05) is 6.54 Å². The Hall–Kier alpha value is -2.77. The van der Waals surface area contributed by atoms with E-state index in [0.717, 1.165) is 5.56 Å². The lowest BCUT2D eigenvalue weighted by molar-refractivity contribution is -0.166. The summed E-state index contributed by atoms with van der Waals surface area (Å²) in [5.41, 5.74) is 0.393. The van der Waals surface area contributed by atoms with E-state index in [9.17, 15) is 14.4 Å². The number of carbonyl (C=O) groups is 3. The minimum atomic E-state index is -1.47. The highest BCUT2D eigenvalue weighted by molar-refractivity contribution is 5.98. The summed E-state index contributed by atoms with van der Waals surface area (Å²) in [6.07, 6.45) is -1.36. The number of nitrogens with one attached hydrogen (secondary N) is 1. The number of carbonyl (C=O) groups excluding carboxylic acids is 3. The Balaban J connectivity index is 2.61. The molecule has 0 radical (unpaired) electrons. The van der Waals surface area contributed by atoms with Crippen LogP contribution >= 0.6 is 0 Å². The average Bonchev–Trinajstić information content (AvgIpc) is 2.59. The Bertz CT molecular complexity index is 632. The first-order chi connectivity index (χ1) is 13.2. The Morgan fingerprint density at radius 3 is 1.96 bits per heavy atom. The van der Waals surface area contributed by atoms with Crippen molar-refractivity contribution in [2.24, 2.45) is 0 Å². The number of benzene rings is 1. The molecule has 0 unspecified atom stereocenters. The minimum Gasteiger partial charge on any atom is -0.467 e. The van der Waals surface area contributed by atoms with Gasteiger partial charge in [-0.05, 0) is 58.7 Å². The summed E-state index contributed by atoms with van der Waals surface area (Å²) in [5.74, 6) is -1.27. The smallest absolute Gasteiger partial charge is 0.407 e. The van der Waals surface area contributed by atoms with E-state index in [1.54, 1.807) is 58.9 Å². The lowest BCUT2D eigenvalue weighted by atomic mass is 10.1. The van der Waals surface area contributed by atoms with E-state index in [1.165, 1.54) is 0 Å². The molecule has 28 heavy (non-hydrogen) atoms. The second-order valence-electron chi connectivity index (χ2n) is 6.82. The molecule has 1 amide bonds. The van der Waals surface area contributed by atoms with Crippen LogP contribution in [0, 0.1) is 0 Å². The van der Waals surface area contributed by atoms with Gasteiger partial charge in [-0.3, -0.25) is 0 Å². The van der Waals surface area contributed by atoms with E-state index in [4.69, 9.17) is 18.9 Å². The molecule has 8 heteroatoms. The number of rotatable bonds is 9. The van der Waals surface area contributed by atoms with E-state index < -0.39 is 29.7 Å². The van der Waals surface area contributed by atoms with Crippen LogP contribution in [0.15, 0.2) is 24.3 Å². The van der Waals surface area contributed by atoms with Crippen molar-refractivity contribution in [3.63, 3.8) is 0 Å². The molecule has 0 saturated carbocycles. The summed E-state index contributed by atoms with van der Waals surface area (Å²) in [6, 6.07) is 6.82. The molecule has 1 aromatic carbocycles. The highest BCUT2D eigenvalue weighted by Gasteiger charge is 2.31. The summed E-state index contributed by atoms with van der Waals surface area (Å²) in [6.45, 7) is 9.33. The van der Waals surface area contributed by atoms with Gasteiger partial charge in [0.2, 0.25) is 0 Å². The highest BCUT2D eigenvalue weighted by Crippen LogP contribution is 2.16. The molecule has 0 fully saturated rings. The van der Waals surface area contributed by atoms with Gasteiger partial charge >= 0.3 is 18.0 Å². The maximum Gasteiger partial charge on any atom is 0.407 e. The number of amides is 1. The van der Waals surface area contributed by atoms with Crippen LogP contribution in [0.2, 0.25) is 0 Å². The molecule has 0 saturated heterocycles. The molecule has 0 atom stereocenters. The Morgan fingerprint density at radius 2 is 1.50 bits per heavy atom. The molecule has 1 aromatic rings. The van der Waals surface area contributed by atoms with Crippen molar-refractivity contribution >= 4 is 18.0 Å². The van der Waals surface area contributed by atoms with Gasteiger partial charge in [0.1, 0.15) is 11.4 Å². The molecule has 0 heterocycles.